The summed E-state index contributed by atoms with van der Waals surface area (Å²) < 4.78 is 13.3. The van der Waals surface area contributed by atoms with Gasteiger partial charge < -0.3 is 4.90 Å². The zero-order valence-electron chi connectivity index (χ0n) is 15.1. The Balaban J connectivity index is 1.54. The first-order valence-corrected chi connectivity index (χ1v) is 9.43. The summed E-state index contributed by atoms with van der Waals surface area (Å²) in [4.78, 5) is 17.6. The molecule has 0 spiro atoms. The van der Waals surface area contributed by atoms with Crippen molar-refractivity contribution < 1.29 is 9.18 Å². The average Bonchev–Trinajstić information content (AvgIpc) is 3.49. The number of benzene rings is 2. The number of amides is 1. The fourth-order valence-corrected chi connectivity index (χ4v) is 4.02. The highest BCUT2D eigenvalue weighted by Crippen LogP contribution is 2.44. The maximum Gasteiger partial charge on any atom is 0.230 e. The summed E-state index contributed by atoms with van der Waals surface area (Å²) in [5, 5.41) is 0. The van der Waals surface area contributed by atoms with Crippen LogP contribution >= 0.6 is 0 Å². The predicted molar refractivity (Wildman–Crippen MR) is 100 cm³/mol. The fourth-order valence-electron chi connectivity index (χ4n) is 4.02. The number of rotatable bonds is 4. The molecule has 4 heteroatoms. The number of hydrogen-bond acceptors (Lipinski definition) is 2. The summed E-state index contributed by atoms with van der Waals surface area (Å²) >= 11 is 0. The van der Waals surface area contributed by atoms with E-state index in [1.807, 2.05) is 35.2 Å². The summed E-state index contributed by atoms with van der Waals surface area (Å²) in [6.07, 6.45) is 2.28. The molecule has 2 aromatic rings. The van der Waals surface area contributed by atoms with E-state index in [0.717, 1.165) is 37.1 Å². The summed E-state index contributed by atoms with van der Waals surface area (Å²) in [6, 6.07) is 17.0. The topological polar surface area (TPSA) is 23.6 Å². The van der Waals surface area contributed by atoms with E-state index in [1.165, 1.54) is 12.1 Å². The van der Waals surface area contributed by atoms with Crippen molar-refractivity contribution in [3.05, 3.63) is 71.5 Å². The number of carbonyl (C=O) groups excluding carboxylic acids is 1. The first-order valence-electron chi connectivity index (χ1n) is 9.43. The smallest absolute Gasteiger partial charge is 0.230 e. The summed E-state index contributed by atoms with van der Waals surface area (Å²) in [7, 11) is 2.07. The highest BCUT2D eigenvalue weighted by Gasteiger charge is 2.40. The molecule has 4 rings (SSSR count). The Morgan fingerprint density at radius 3 is 2.38 bits per heavy atom. The van der Waals surface area contributed by atoms with Crippen LogP contribution in [0.15, 0.2) is 54.6 Å². The highest BCUT2D eigenvalue weighted by molar-refractivity contribution is 5.84. The van der Waals surface area contributed by atoms with Crippen LogP contribution in [0.4, 0.5) is 4.39 Å². The van der Waals surface area contributed by atoms with Crippen molar-refractivity contribution in [2.75, 3.05) is 26.7 Å². The molecule has 136 valence electrons. The minimum absolute atomic E-state index is 0.0199. The van der Waals surface area contributed by atoms with Crippen LogP contribution in [-0.4, -0.2) is 42.4 Å². The zero-order chi connectivity index (χ0) is 18.1. The standard InChI is InChI=1S/C22H25FN2O/c1-24-13-14-25(15-20(24)16-9-11-19(23)12-10-16)22(26)21(18-7-8-18)17-5-3-2-4-6-17/h2-6,9-12,18,20-21H,7-8,13-15H2,1H3. The third-order valence-electron chi connectivity index (χ3n) is 5.73. The summed E-state index contributed by atoms with van der Waals surface area (Å²) in [6.45, 7) is 2.25. The Kier molecular flexibility index (Phi) is 4.77. The minimum atomic E-state index is -0.224. The van der Waals surface area contributed by atoms with E-state index >= 15 is 0 Å². The van der Waals surface area contributed by atoms with E-state index < -0.39 is 0 Å². The number of hydrogen-bond donors (Lipinski definition) is 0. The fraction of sp³-hybridized carbons (Fsp3) is 0.409. The van der Waals surface area contributed by atoms with Gasteiger partial charge in [0, 0.05) is 19.6 Å². The van der Waals surface area contributed by atoms with Gasteiger partial charge in [0.05, 0.1) is 12.0 Å². The quantitative estimate of drug-likeness (QED) is 0.835. The number of carbonyl (C=O) groups is 1. The van der Waals surface area contributed by atoms with E-state index in [9.17, 15) is 9.18 Å². The molecular weight excluding hydrogens is 327 g/mol. The molecule has 2 aliphatic rings. The molecule has 1 amide bonds. The van der Waals surface area contributed by atoms with E-state index in [4.69, 9.17) is 0 Å². The van der Waals surface area contributed by atoms with Gasteiger partial charge in [-0.25, -0.2) is 4.39 Å². The van der Waals surface area contributed by atoms with Gasteiger partial charge in [0.15, 0.2) is 0 Å². The largest absolute Gasteiger partial charge is 0.339 e. The summed E-state index contributed by atoms with van der Waals surface area (Å²) in [5.74, 6) is 0.485. The van der Waals surface area contributed by atoms with Crippen LogP contribution in [0.25, 0.3) is 0 Å². The van der Waals surface area contributed by atoms with Crippen molar-refractivity contribution in [3.63, 3.8) is 0 Å². The molecule has 26 heavy (non-hydrogen) atoms. The third kappa shape index (κ3) is 3.51. The molecule has 1 aliphatic carbocycles. The Hall–Kier alpha value is -2.20. The maximum atomic E-state index is 13.4. The van der Waals surface area contributed by atoms with Crippen molar-refractivity contribution >= 4 is 5.91 Å². The van der Waals surface area contributed by atoms with Gasteiger partial charge in [-0.15, -0.1) is 0 Å². The average molecular weight is 352 g/mol. The molecule has 2 unspecified atom stereocenters. The van der Waals surface area contributed by atoms with Gasteiger partial charge in [-0.1, -0.05) is 42.5 Å². The van der Waals surface area contributed by atoms with Crippen LogP contribution in [0.1, 0.15) is 35.9 Å². The third-order valence-corrected chi connectivity index (χ3v) is 5.73. The van der Waals surface area contributed by atoms with Crippen molar-refractivity contribution in [3.8, 4) is 0 Å². The van der Waals surface area contributed by atoms with Gasteiger partial charge >= 0.3 is 0 Å². The van der Waals surface area contributed by atoms with Crippen LogP contribution in [-0.2, 0) is 4.79 Å². The van der Waals surface area contributed by atoms with Crippen LogP contribution in [0.5, 0.6) is 0 Å². The lowest BCUT2D eigenvalue weighted by Crippen LogP contribution is -2.50. The second-order valence-electron chi connectivity index (χ2n) is 7.56. The van der Waals surface area contributed by atoms with Crippen molar-refractivity contribution in [1.82, 2.24) is 9.80 Å². The molecule has 0 N–H and O–H groups in total. The first kappa shape index (κ1) is 17.2. The Labute approximate surface area is 154 Å². The number of halogens is 1. The predicted octanol–water partition coefficient (Wildman–Crippen LogP) is 3.83. The molecule has 2 atom stereocenters. The van der Waals surface area contributed by atoms with E-state index in [-0.39, 0.29) is 23.7 Å². The van der Waals surface area contributed by atoms with Gasteiger partial charge in [-0.3, -0.25) is 9.69 Å². The van der Waals surface area contributed by atoms with Gasteiger partial charge in [0.25, 0.3) is 0 Å². The second kappa shape index (κ2) is 7.20. The SMILES string of the molecule is CN1CCN(C(=O)C(c2ccccc2)C2CC2)CC1c1ccc(F)cc1. The Bertz CT molecular complexity index is 757. The molecule has 1 saturated heterocycles. The van der Waals surface area contributed by atoms with Crippen molar-refractivity contribution in [2.45, 2.75) is 24.8 Å². The molecule has 1 aliphatic heterocycles. The number of likely N-dealkylation sites (N-methyl/N-ethyl adjacent to an activating group) is 1. The Morgan fingerprint density at radius 2 is 1.73 bits per heavy atom. The highest BCUT2D eigenvalue weighted by atomic mass is 19.1. The van der Waals surface area contributed by atoms with E-state index in [0.29, 0.717) is 12.5 Å². The lowest BCUT2D eigenvalue weighted by molar-refractivity contribution is -0.136. The molecule has 0 bridgehead atoms. The first-order chi connectivity index (χ1) is 12.6. The van der Waals surface area contributed by atoms with Crippen molar-refractivity contribution in [1.29, 1.82) is 0 Å². The summed E-state index contributed by atoms with van der Waals surface area (Å²) in [5.41, 5.74) is 2.20. The molecule has 1 heterocycles. The normalized spacial score (nSPS) is 22.2. The molecular formula is C22H25FN2O. The number of nitrogens with zero attached hydrogens (tertiary/aromatic N) is 2. The lowest BCUT2D eigenvalue weighted by atomic mass is 9.91. The second-order valence-corrected chi connectivity index (χ2v) is 7.56. The van der Waals surface area contributed by atoms with E-state index in [1.54, 1.807) is 0 Å². The van der Waals surface area contributed by atoms with Gasteiger partial charge in [0.2, 0.25) is 5.91 Å². The van der Waals surface area contributed by atoms with Crippen molar-refractivity contribution in [2.24, 2.45) is 5.92 Å². The van der Waals surface area contributed by atoms with Gasteiger partial charge in [-0.05, 0) is 49.1 Å². The Morgan fingerprint density at radius 1 is 1.04 bits per heavy atom. The van der Waals surface area contributed by atoms with Crippen LogP contribution in [0.2, 0.25) is 0 Å². The van der Waals surface area contributed by atoms with Gasteiger partial charge in [0.1, 0.15) is 5.82 Å². The molecule has 2 fully saturated rings. The molecule has 2 aromatic carbocycles. The zero-order valence-corrected chi connectivity index (χ0v) is 15.1. The minimum Gasteiger partial charge on any atom is -0.339 e. The molecule has 0 radical (unpaired) electrons. The lowest BCUT2D eigenvalue weighted by Gasteiger charge is -2.41. The van der Waals surface area contributed by atoms with Gasteiger partial charge in [-0.2, -0.15) is 0 Å². The van der Waals surface area contributed by atoms with Crippen LogP contribution in [0.3, 0.4) is 0 Å². The van der Waals surface area contributed by atoms with Crippen LogP contribution in [0, 0.1) is 11.7 Å². The maximum absolute atomic E-state index is 13.4. The molecule has 3 nitrogen and oxygen atoms in total. The monoisotopic (exact) mass is 352 g/mol. The molecule has 1 saturated carbocycles. The number of piperazine rings is 1. The molecule has 0 aromatic heterocycles. The van der Waals surface area contributed by atoms with Crippen LogP contribution < -0.4 is 0 Å². The van der Waals surface area contributed by atoms with E-state index in [2.05, 4.69) is 24.1 Å².